The van der Waals surface area contributed by atoms with Crippen molar-refractivity contribution in [3.8, 4) is 5.75 Å². The van der Waals surface area contributed by atoms with E-state index in [0.29, 0.717) is 22.2 Å². The Labute approximate surface area is 128 Å². The molecule has 114 valence electrons. The smallest absolute Gasteiger partial charge is 0.263 e. The van der Waals surface area contributed by atoms with Gasteiger partial charge in [0.25, 0.3) is 10.0 Å². The number of benzene rings is 1. The maximum absolute atomic E-state index is 12.3. The van der Waals surface area contributed by atoms with E-state index < -0.39 is 10.0 Å². The molecule has 0 aliphatic carbocycles. The Bertz CT molecular complexity index is 756. The first-order valence-corrected chi connectivity index (χ1v) is 7.86. The van der Waals surface area contributed by atoms with Crippen LogP contribution in [0.4, 0.5) is 5.69 Å². The maximum Gasteiger partial charge on any atom is 0.263 e. The molecule has 2 rings (SSSR count). The number of aliphatic hydroxyl groups is 1. The lowest BCUT2D eigenvalue weighted by atomic mass is 10.3. The number of aliphatic hydroxyl groups excluding tert-OH is 1. The number of nitrogens with zero attached hydrogens (tertiary/aromatic N) is 1. The van der Waals surface area contributed by atoms with E-state index >= 15 is 0 Å². The van der Waals surface area contributed by atoms with E-state index in [1.165, 1.54) is 31.5 Å². The molecule has 0 spiro atoms. The zero-order valence-electron chi connectivity index (χ0n) is 11.5. The summed E-state index contributed by atoms with van der Waals surface area (Å²) < 4.78 is 33.6. The monoisotopic (exact) mass is 330 g/mol. The average Bonchev–Trinajstić information content (AvgIpc) is 2.82. The lowest BCUT2D eigenvalue weighted by molar-refractivity contribution is 0.272. The molecular weight excluding hydrogens is 316 g/mol. The number of halogens is 1. The average molecular weight is 331 g/mol. The van der Waals surface area contributed by atoms with Gasteiger partial charge < -0.3 is 14.4 Å². The van der Waals surface area contributed by atoms with Crippen LogP contribution in [0.5, 0.6) is 5.75 Å². The van der Waals surface area contributed by atoms with Crippen LogP contribution in [0, 0.1) is 0 Å². The van der Waals surface area contributed by atoms with Crippen LogP contribution in [0.2, 0.25) is 5.02 Å². The van der Waals surface area contributed by atoms with Crippen LogP contribution < -0.4 is 9.46 Å². The lowest BCUT2D eigenvalue weighted by Crippen LogP contribution is -2.12. The molecule has 8 heteroatoms. The number of ether oxygens (including phenoxy) is 1. The van der Waals surface area contributed by atoms with Crippen molar-refractivity contribution in [1.29, 1.82) is 0 Å². The fourth-order valence-corrected chi connectivity index (χ4v) is 3.16. The first-order chi connectivity index (χ1) is 9.87. The van der Waals surface area contributed by atoms with Crippen molar-refractivity contribution in [1.82, 2.24) is 4.57 Å². The molecule has 21 heavy (non-hydrogen) atoms. The van der Waals surface area contributed by atoms with Crippen LogP contribution >= 0.6 is 11.6 Å². The van der Waals surface area contributed by atoms with Gasteiger partial charge in [-0.2, -0.15) is 0 Å². The van der Waals surface area contributed by atoms with Crippen molar-refractivity contribution in [3.05, 3.63) is 41.2 Å². The SMILES string of the molecule is COc1cc(NS(=O)(=O)c2cc(CO)n(C)c2)ccc1Cl. The first-order valence-electron chi connectivity index (χ1n) is 6.00. The third-order valence-corrected chi connectivity index (χ3v) is 4.62. The van der Waals surface area contributed by atoms with Gasteiger partial charge in [-0.3, -0.25) is 4.72 Å². The lowest BCUT2D eigenvalue weighted by Gasteiger charge is -2.09. The number of aryl methyl sites for hydroxylation is 1. The Hall–Kier alpha value is -1.70. The molecular formula is C13H15ClN2O4S. The van der Waals surface area contributed by atoms with E-state index in [1.807, 2.05) is 0 Å². The van der Waals surface area contributed by atoms with Gasteiger partial charge in [0.05, 0.1) is 24.4 Å². The predicted molar refractivity (Wildman–Crippen MR) is 80.1 cm³/mol. The van der Waals surface area contributed by atoms with Crippen molar-refractivity contribution in [3.63, 3.8) is 0 Å². The molecule has 0 unspecified atom stereocenters. The van der Waals surface area contributed by atoms with Gasteiger partial charge in [0.2, 0.25) is 0 Å². The number of nitrogens with one attached hydrogen (secondary N) is 1. The molecule has 0 aliphatic heterocycles. The van der Waals surface area contributed by atoms with E-state index in [0.717, 1.165) is 0 Å². The third-order valence-electron chi connectivity index (χ3n) is 2.96. The highest BCUT2D eigenvalue weighted by molar-refractivity contribution is 7.92. The van der Waals surface area contributed by atoms with Crippen LogP contribution in [-0.4, -0.2) is 25.2 Å². The molecule has 0 saturated carbocycles. The van der Waals surface area contributed by atoms with Gasteiger partial charge in [0.1, 0.15) is 10.6 Å². The topological polar surface area (TPSA) is 80.6 Å². The number of rotatable bonds is 5. The molecule has 0 saturated heterocycles. The molecule has 1 heterocycles. The first kappa shape index (κ1) is 15.7. The zero-order valence-corrected chi connectivity index (χ0v) is 13.1. The highest BCUT2D eigenvalue weighted by Gasteiger charge is 2.18. The minimum Gasteiger partial charge on any atom is -0.495 e. The molecule has 0 radical (unpaired) electrons. The van der Waals surface area contributed by atoms with Crippen molar-refractivity contribution in [2.45, 2.75) is 11.5 Å². The third kappa shape index (κ3) is 3.31. The molecule has 2 N–H and O–H groups in total. The standard InChI is InChI=1S/C13H15ClN2O4S/c1-16-7-11(6-10(16)8-17)21(18,19)15-9-3-4-12(14)13(5-9)20-2/h3-7,15,17H,8H2,1-2H3. The summed E-state index contributed by atoms with van der Waals surface area (Å²) in [6.07, 6.45) is 1.43. The molecule has 0 amide bonds. The normalized spacial score (nSPS) is 11.4. The van der Waals surface area contributed by atoms with Crippen molar-refractivity contribution < 1.29 is 18.3 Å². The number of hydrogen-bond acceptors (Lipinski definition) is 4. The summed E-state index contributed by atoms with van der Waals surface area (Å²) in [6, 6.07) is 5.99. The number of sulfonamides is 1. The molecule has 6 nitrogen and oxygen atoms in total. The number of methoxy groups -OCH3 is 1. The van der Waals surface area contributed by atoms with E-state index in [4.69, 9.17) is 21.4 Å². The zero-order chi connectivity index (χ0) is 15.6. The Morgan fingerprint density at radius 1 is 1.38 bits per heavy atom. The molecule has 1 aromatic carbocycles. The summed E-state index contributed by atoms with van der Waals surface area (Å²) in [5.74, 6) is 0.376. The summed E-state index contributed by atoms with van der Waals surface area (Å²) in [6.45, 7) is -0.235. The summed E-state index contributed by atoms with van der Waals surface area (Å²) in [5, 5.41) is 9.51. The van der Waals surface area contributed by atoms with Gasteiger partial charge in [-0.05, 0) is 18.2 Å². The van der Waals surface area contributed by atoms with Gasteiger partial charge in [0, 0.05) is 25.0 Å². The predicted octanol–water partition coefficient (Wildman–Crippen LogP) is 1.98. The second-order valence-corrected chi connectivity index (χ2v) is 6.48. The quantitative estimate of drug-likeness (QED) is 0.878. The van der Waals surface area contributed by atoms with Crippen LogP contribution in [0.3, 0.4) is 0 Å². The van der Waals surface area contributed by atoms with Gasteiger partial charge in [0.15, 0.2) is 0 Å². The van der Waals surface area contributed by atoms with Crippen LogP contribution in [0.25, 0.3) is 0 Å². The van der Waals surface area contributed by atoms with Crippen molar-refractivity contribution >= 4 is 27.3 Å². The molecule has 0 atom stereocenters. The second kappa shape index (κ2) is 5.97. The maximum atomic E-state index is 12.3. The molecule has 1 aromatic heterocycles. The van der Waals surface area contributed by atoms with E-state index in [9.17, 15) is 8.42 Å². The summed E-state index contributed by atoms with van der Waals surface area (Å²) in [7, 11) is -0.632. The fraction of sp³-hybridized carbons (Fsp3) is 0.231. The fourth-order valence-electron chi connectivity index (χ4n) is 1.82. The highest BCUT2D eigenvalue weighted by atomic mass is 35.5. The van der Waals surface area contributed by atoms with Gasteiger partial charge in [-0.1, -0.05) is 11.6 Å². The van der Waals surface area contributed by atoms with E-state index in [1.54, 1.807) is 17.7 Å². The Kier molecular flexibility index (Phi) is 4.46. The molecule has 0 aliphatic rings. The Balaban J connectivity index is 2.32. The Morgan fingerprint density at radius 2 is 2.10 bits per heavy atom. The molecule has 2 aromatic rings. The van der Waals surface area contributed by atoms with Gasteiger partial charge in [-0.15, -0.1) is 0 Å². The second-order valence-electron chi connectivity index (χ2n) is 4.39. The summed E-state index contributed by atoms with van der Waals surface area (Å²) in [5.41, 5.74) is 0.842. The van der Waals surface area contributed by atoms with Gasteiger partial charge in [-0.25, -0.2) is 8.42 Å². The van der Waals surface area contributed by atoms with E-state index in [-0.39, 0.29) is 11.5 Å². The van der Waals surface area contributed by atoms with Crippen LogP contribution in [0.1, 0.15) is 5.69 Å². The van der Waals surface area contributed by atoms with Crippen molar-refractivity contribution in [2.24, 2.45) is 7.05 Å². The van der Waals surface area contributed by atoms with Crippen molar-refractivity contribution in [2.75, 3.05) is 11.8 Å². The minimum atomic E-state index is -3.74. The van der Waals surface area contributed by atoms with Gasteiger partial charge >= 0.3 is 0 Å². The number of anilines is 1. The summed E-state index contributed by atoms with van der Waals surface area (Å²) in [4.78, 5) is 0.0722. The number of aromatic nitrogens is 1. The van der Waals surface area contributed by atoms with Crippen LogP contribution in [0.15, 0.2) is 35.4 Å². The largest absolute Gasteiger partial charge is 0.495 e. The van der Waals surface area contributed by atoms with Crippen LogP contribution in [-0.2, 0) is 23.7 Å². The highest BCUT2D eigenvalue weighted by Crippen LogP contribution is 2.28. The molecule has 0 fully saturated rings. The Morgan fingerprint density at radius 3 is 2.67 bits per heavy atom. The van der Waals surface area contributed by atoms with E-state index in [2.05, 4.69) is 4.72 Å². The summed E-state index contributed by atoms with van der Waals surface area (Å²) >= 11 is 5.89. The molecule has 0 bridgehead atoms. The number of hydrogen-bond donors (Lipinski definition) is 2. The minimum absolute atomic E-state index is 0.0722.